The van der Waals surface area contributed by atoms with Gasteiger partial charge in [0.2, 0.25) is 0 Å². The lowest BCUT2D eigenvalue weighted by atomic mass is 9.90. The first kappa shape index (κ1) is 15.0. The molecule has 2 nitrogen and oxygen atoms in total. The Labute approximate surface area is 108 Å². The van der Waals surface area contributed by atoms with Crippen molar-refractivity contribution in [1.29, 1.82) is 0 Å². The van der Waals surface area contributed by atoms with Gasteiger partial charge in [0.1, 0.15) is 0 Å². The maximum atomic E-state index is 3.67. The molecule has 17 heavy (non-hydrogen) atoms. The van der Waals surface area contributed by atoms with Gasteiger partial charge in [0, 0.05) is 25.2 Å². The Hall–Kier alpha value is -0.0800. The molecular formula is C15H32N2. The van der Waals surface area contributed by atoms with Crippen molar-refractivity contribution in [2.45, 2.75) is 66.5 Å². The number of rotatable bonds is 6. The van der Waals surface area contributed by atoms with Crippen LogP contribution in [0.2, 0.25) is 0 Å². The Morgan fingerprint density at radius 2 is 1.88 bits per heavy atom. The molecule has 0 spiro atoms. The van der Waals surface area contributed by atoms with Gasteiger partial charge in [-0.25, -0.2) is 0 Å². The average molecular weight is 240 g/mol. The highest BCUT2D eigenvalue weighted by molar-refractivity contribution is 4.88. The molecule has 1 fully saturated rings. The molecule has 0 aliphatic carbocycles. The van der Waals surface area contributed by atoms with Crippen molar-refractivity contribution in [3.8, 4) is 0 Å². The molecule has 0 radical (unpaired) electrons. The van der Waals surface area contributed by atoms with Crippen molar-refractivity contribution in [2.24, 2.45) is 11.3 Å². The van der Waals surface area contributed by atoms with E-state index in [0.717, 1.165) is 12.0 Å². The van der Waals surface area contributed by atoms with E-state index >= 15 is 0 Å². The normalized spacial score (nSPS) is 24.2. The summed E-state index contributed by atoms with van der Waals surface area (Å²) < 4.78 is 0. The molecule has 1 heterocycles. The van der Waals surface area contributed by atoms with E-state index in [-0.39, 0.29) is 0 Å². The molecule has 1 aliphatic rings. The van der Waals surface area contributed by atoms with Crippen LogP contribution in [-0.2, 0) is 0 Å². The van der Waals surface area contributed by atoms with Crippen LogP contribution in [0.4, 0.5) is 0 Å². The van der Waals surface area contributed by atoms with Crippen LogP contribution in [0.5, 0.6) is 0 Å². The Bertz CT molecular complexity index is 221. The highest BCUT2D eigenvalue weighted by atomic mass is 15.1. The first-order valence-electron chi connectivity index (χ1n) is 7.27. The molecule has 102 valence electrons. The van der Waals surface area contributed by atoms with Crippen molar-refractivity contribution in [2.75, 3.05) is 19.6 Å². The fourth-order valence-electron chi connectivity index (χ4n) is 2.79. The van der Waals surface area contributed by atoms with Crippen LogP contribution >= 0.6 is 0 Å². The topological polar surface area (TPSA) is 15.3 Å². The van der Waals surface area contributed by atoms with Gasteiger partial charge in [-0.05, 0) is 44.6 Å². The van der Waals surface area contributed by atoms with Crippen molar-refractivity contribution in [3.05, 3.63) is 0 Å². The predicted octanol–water partition coefficient (Wildman–Crippen LogP) is 3.13. The minimum atomic E-state index is 0.505. The molecule has 1 rings (SSSR count). The lowest BCUT2D eigenvalue weighted by Crippen LogP contribution is -2.37. The molecule has 1 N–H and O–H groups in total. The van der Waals surface area contributed by atoms with Crippen molar-refractivity contribution >= 4 is 0 Å². The van der Waals surface area contributed by atoms with E-state index in [1.54, 1.807) is 0 Å². The largest absolute Gasteiger partial charge is 0.313 e. The molecule has 0 amide bonds. The van der Waals surface area contributed by atoms with Crippen LogP contribution in [0.1, 0.15) is 54.4 Å². The molecule has 1 atom stereocenters. The lowest BCUT2D eigenvalue weighted by Gasteiger charge is -2.29. The fourth-order valence-corrected chi connectivity index (χ4v) is 2.79. The predicted molar refractivity (Wildman–Crippen MR) is 76.4 cm³/mol. The maximum absolute atomic E-state index is 3.67. The zero-order chi connectivity index (χ0) is 13.1. The standard InChI is InChI=1S/C15H32N2/c1-12(2)10-17(13(3)4)8-7-14-9-15(5,6)11-16-14/h12-14,16H,7-11H2,1-6H3. The molecule has 1 saturated heterocycles. The molecule has 0 saturated carbocycles. The van der Waals surface area contributed by atoms with Gasteiger partial charge in [-0.1, -0.05) is 27.7 Å². The second kappa shape index (κ2) is 6.19. The van der Waals surface area contributed by atoms with Gasteiger partial charge < -0.3 is 10.2 Å². The van der Waals surface area contributed by atoms with E-state index < -0.39 is 0 Å². The van der Waals surface area contributed by atoms with Gasteiger partial charge >= 0.3 is 0 Å². The number of nitrogens with one attached hydrogen (secondary N) is 1. The Balaban J connectivity index is 2.32. The quantitative estimate of drug-likeness (QED) is 0.767. The molecule has 1 unspecified atom stereocenters. The summed E-state index contributed by atoms with van der Waals surface area (Å²) in [4.78, 5) is 2.62. The Morgan fingerprint density at radius 1 is 1.24 bits per heavy atom. The fraction of sp³-hybridized carbons (Fsp3) is 1.00. The van der Waals surface area contributed by atoms with E-state index in [9.17, 15) is 0 Å². The summed E-state index contributed by atoms with van der Waals surface area (Å²) in [6.45, 7) is 17.6. The third-order valence-corrected chi connectivity index (χ3v) is 3.76. The van der Waals surface area contributed by atoms with E-state index in [4.69, 9.17) is 0 Å². The second-order valence-corrected chi connectivity index (χ2v) is 7.22. The summed E-state index contributed by atoms with van der Waals surface area (Å²) >= 11 is 0. The van der Waals surface area contributed by atoms with E-state index in [1.807, 2.05) is 0 Å². The zero-order valence-corrected chi connectivity index (χ0v) is 12.7. The van der Waals surface area contributed by atoms with E-state index in [1.165, 1.54) is 32.5 Å². The summed E-state index contributed by atoms with van der Waals surface area (Å²) in [5, 5.41) is 3.67. The monoisotopic (exact) mass is 240 g/mol. The summed E-state index contributed by atoms with van der Waals surface area (Å²) in [6, 6.07) is 1.41. The maximum Gasteiger partial charge on any atom is 0.00850 e. The van der Waals surface area contributed by atoms with Crippen LogP contribution in [0.15, 0.2) is 0 Å². The third kappa shape index (κ3) is 5.39. The van der Waals surface area contributed by atoms with Gasteiger partial charge in [-0.15, -0.1) is 0 Å². The van der Waals surface area contributed by atoms with E-state index in [2.05, 4.69) is 51.8 Å². The second-order valence-electron chi connectivity index (χ2n) is 7.22. The molecule has 0 bridgehead atoms. The lowest BCUT2D eigenvalue weighted by molar-refractivity contribution is 0.188. The summed E-state index contributed by atoms with van der Waals surface area (Å²) in [6.07, 6.45) is 2.63. The van der Waals surface area contributed by atoms with Crippen LogP contribution in [-0.4, -0.2) is 36.6 Å². The summed E-state index contributed by atoms with van der Waals surface area (Å²) in [5.41, 5.74) is 0.505. The minimum absolute atomic E-state index is 0.505. The van der Waals surface area contributed by atoms with Crippen molar-refractivity contribution < 1.29 is 0 Å². The van der Waals surface area contributed by atoms with Gasteiger partial charge in [-0.2, -0.15) is 0 Å². The van der Waals surface area contributed by atoms with Crippen molar-refractivity contribution in [3.63, 3.8) is 0 Å². The highest BCUT2D eigenvalue weighted by Gasteiger charge is 2.30. The molecule has 0 aromatic carbocycles. The summed E-state index contributed by atoms with van der Waals surface area (Å²) in [7, 11) is 0. The minimum Gasteiger partial charge on any atom is -0.313 e. The van der Waals surface area contributed by atoms with Crippen LogP contribution in [0.3, 0.4) is 0 Å². The number of hydrogen-bond acceptors (Lipinski definition) is 2. The molecular weight excluding hydrogens is 208 g/mol. The Morgan fingerprint density at radius 3 is 2.29 bits per heavy atom. The van der Waals surface area contributed by atoms with Gasteiger partial charge in [0.05, 0.1) is 0 Å². The average Bonchev–Trinajstić information content (AvgIpc) is 2.52. The zero-order valence-electron chi connectivity index (χ0n) is 12.7. The Kier molecular flexibility index (Phi) is 5.46. The third-order valence-electron chi connectivity index (χ3n) is 3.76. The van der Waals surface area contributed by atoms with E-state index in [0.29, 0.717) is 11.5 Å². The van der Waals surface area contributed by atoms with Crippen LogP contribution in [0.25, 0.3) is 0 Å². The summed E-state index contributed by atoms with van der Waals surface area (Å²) in [5.74, 6) is 0.769. The van der Waals surface area contributed by atoms with Crippen LogP contribution < -0.4 is 5.32 Å². The number of nitrogens with zero attached hydrogens (tertiary/aromatic N) is 1. The van der Waals surface area contributed by atoms with Gasteiger partial charge in [-0.3, -0.25) is 0 Å². The smallest absolute Gasteiger partial charge is 0.00850 e. The molecule has 0 aromatic heterocycles. The SMILES string of the molecule is CC(C)CN(CCC1CC(C)(C)CN1)C(C)C. The van der Waals surface area contributed by atoms with Gasteiger partial charge in [0.15, 0.2) is 0 Å². The molecule has 0 aromatic rings. The molecule has 2 heteroatoms. The first-order chi connectivity index (χ1) is 7.80. The van der Waals surface area contributed by atoms with Gasteiger partial charge in [0.25, 0.3) is 0 Å². The molecule has 1 aliphatic heterocycles. The first-order valence-corrected chi connectivity index (χ1v) is 7.27. The highest BCUT2D eigenvalue weighted by Crippen LogP contribution is 2.28. The number of hydrogen-bond donors (Lipinski definition) is 1. The van der Waals surface area contributed by atoms with Crippen molar-refractivity contribution in [1.82, 2.24) is 10.2 Å². The van der Waals surface area contributed by atoms with Crippen LogP contribution in [0, 0.1) is 11.3 Å².